The Kier molecular flexibility index (Phi) is 4.48. The minimum atomic E-state index is -0.150. The van der Waals surface area contributed by atoms with Crippen LogP contribution in [0.3, 0.4) is 0 Å². The predicted molar refractivity (Wildman–Crippen MR) is 92.2 cm³/mol. The molecule has 0 bridgehead atoms. The highest BCUT2D eigenvalue weighted by Gasteiger charge is 2.33. The molecule has 26 heavy (non-hydrogen) atoms. The molecule has 2 aliphatic rings. The molecule has 0 amide bonds. The van der Waals surface area contributed by atoms with Crippen LogP contribution in [0.4, 0.5) is 0 Å². The van der Waals surface area contributed by atoms with Crippen LogP contribution in [0, 0.1) is 0 Å². The second-order valence-corrected chi connectivity index (χ2v) is 6.40. The highest BCUT2D eigenvalue weighted by atomic mass is 16.7. The van der Waals surface area contributed by atoms with E-state index >= 15 is 0 Å². The van der Waals surface area contributed by atoms with Crippen molar-refractivity contribution >= 4 is 0 Å². The van der Waals surface area contributed by atoms with Gasteiger partial charge in [-0.2, -0.15) is 0 Å². The minimum absolute atomic E-state index is 0.0851. The van der Waals surface area contributed by atoms with Crippen molar-refractivity contribution in [2.24, 2.45) is 0 Å². The molecule has 0 radical (unpaired) electrons. The fraction of sp³-hybridized carbons (Fsp3) is 0.368. The number of phenols is 2. The van der Waals surface area contributed by atoms with Gasteiger partial charge in [0.05, 0.1) is 25.9 Å². The molecule has 0 aromatic heterocycles. The van der Waals surface area contributed by atoms with Crippen LogP contribution in [0.5, 0.6) is 28.7 Å². The van der Waals surface area contributed by atoms with Gasteiger partial charge in [-0.15, -0.1) is 0 Å². The van der Waals surface area contributed by atoms with Crippen molar-refractivity contribution in [3.05, 3.63) is 41.5 Å². The third-order valence-corrected chi connectivity index (χ3v) is 4.91. The molecule has 0 saturated carbocycles. The number of aromatic hydroxyl groups is 2. The number of nitrogens with one attached hydrogen (secondary N) is 1. The maximum atomic E-state index is 10.7. The van der Waals surface area contributed by atoms with Gasteiger partial charge in [0.15, 0.2) is 23.0 Å². The van der Waals surface area contributed by atoms with Crippen molar-refractivity contribution < 1.29 is 34.1 Å². The molecule has 7 heteroatoms. The van der Waals surface area contributed by atoms with E-state index in [9.17, 15) is 10.2 Å². The van der Waals surface area contributed by atoms with Crippen molar-refractivity contribution in [2.75, 3.05) is 40.2 Å². The molecule has 1 fully saturated rings. The second-order valence-electron chi connectivity index (χ2n) is 6.40. The first-order valence-corrected chi connectivity index (χ1v) is 8.59. The van der Waals surface area contributed by atoms with Crippen LogP contribution in [-0.2, 0) is 4.74 Å². The summed E-state index contributed by atoms with van der Waals surface area (Å²) in [6.07, 6.45) is 0. The van der Waals surface area contributed by atoms with Gasteiger partial charge < -0.3 is 34.1 Å². The zero-order valence-corrected chi connectivity index (χ0v) is 14.5. The average Bonchev–Trinajstić information content (AvgIpc) is 3.11. The number of hydrogen-bond acceptors (Lipinski definition) is 6. The Bertz CT molecular complexity index is 803. The topological polar surface area (TPSA) is 81.8 Å². The first-order valence-electron chi connectivity index (χ1n) is 8.59. The lowest BCUT2D eigenvalue weighted by Gasteiger charge is -2.32. The van der Waals surface area contributed by atoms with Gasteiger partial charge in [0.2, 0.25) is 6.79 Å². The number of phenolic OH excluding ortho intramolecular Hbond substituents is 2. The summed E-state index contributed by atoms with van der Waals surface area (Å²) in [5, 5.41) is 20.6. The fourth-order valence-electron chi connectivity index (χ4n) is 3.61. The van der Waals surface area contributed by atoms with Gasteiger partial charge in [0.1, 0.15) is 24.9 Å². The Morgan fingerprint density at radius 1 is 1.00 bits per heavy atom. The third-order valence-electron chi connectivity index (χ3n) is 4.91. The summed E-state index contributed by atoms with van der Waals surface area (Å²) in [7, 11) is 1.52. The van der Waals surface area contributed by atoms with Gasteiger partial charge in [0.25, 0.3) is 0 Å². The van der Waals surface area contributed by atoms with Crippen LogP contribution < -0.4 is 19.1 Å². The van der Waals surface area contributed by atoms with Crippen molar-refractivity contribution in [1.82, 2.24) is 0 Å². The Labute approximate surface area is 151 Å². The number of methoxy groups -OCH3 is 1. The van der Waals surface area contributed by atoms with E-state index in [0.717, 1.165) is 24.2 Å². The number of fused-ring (bicyclic) bond motifs is 1. The maximum Gasteiger partial charge on any atom is 0.231 e. The Balaban J connectivity index is 1.81. The van der Waals surface area contributed by atoms with E-state index in [0.29, 0.717) is 30.5 Å². The molecular formula is C19H22NO6+. The number of ether oxygens (including phenoxy) is 4. The molecule has 2 aromatic rings. The zero-order valence-electron chi connectivity index (χ0n) is 14.5. The van der Waals surface area contributed by atoms with Gasteiger partial charge in [-0.25, -0.2) is 0 Å². The summed E-state index contributed by atoms with van der Waals surface area (Å²) < 4.78 is 21.6. The van der Waals surface area contributed by atoms with E-state index in [1.807, 2.05) is 18.2 Å². The molecule has 2 aromatic carbocycles. The summed E-state index contributed by atoms with van der Waals surface area (Å²) in [5.41, 5.74) is 1.68. The molecule has 2 heterocycles. The van der Waals surface area contributed by atoms with Crippen LogP contribution in [0.2, 0.25) is 0 Å². The molecule has 138 valence electrons. The molecule has 1 saturated heterocycles. The van der Waals surface area contributed by atoms with E-state index in [4.69, 9.17) is 18.9 Å². The molecule has 4 rings (SSSR count). The monoisotopic (exact) mass is 360 g/mol. The average molecular weight is 360 g/mol. The van der Waals surface area contributed by atoms with Crippen molar-refractivity contribution in [3.63, 3.8) is 0 Å². The number of hydrogen-bond donors (Lipinski definition) is 3. The first kappa shape index (κ1) is 16.8. The van der Waals surface area contributed by atoms with Gasteiger partial charge >= 0.3 is 0 Å². The number of morpholine rings is 1. The molecule has 3 N–H and O–H groups in total. The maximum absolute atomic E-state index is 10.7. The van der Waals surface area contributed by atoms with E-state index in [1.165, 1.54) is 12.0 Å². The largest absolute Gasteiger partial charge is 0.507 e. The highest BCUT2D eigenvalue weighted by molar-refractivity contribution is 5.54. The first-order chi connectivity index (χ1) is 12.7. The lowest BCUT2D eigenvalue weighted by atomic mass is 9.95. The quantitative estimate of drug-likeness (QED) is 0.750. The van der Waals surface area contributed by atoms with Crippen molar-refractivity contribution in [1.29, 1.82) is 0 Å². The summed E-state index contributed by atoms with van der Waals surface area (Å²) >= 11 is 0. The van der Waals surface area contributed by atoms with Crippen LogP contribution in [0.15, 0.2) is 30.3 Å². The number of benzene rings is 2. The predicted octanol–water partition coefficient (Wildman–Crippen LogP) is 0.840. The SMILES string of the molecule is COc1cc([C@@H](c2cc3c(cc2O)OCO3)[NH+]2CCOCC2)ccc1O. The van der Waals surface area contributed by atoms with Crippen molar-refractivity contribution in [3.8, 4) is 28.7 Å². The molecule has 2 aliphatic heterocycles. The van der Waals surface area contributed by atoms with Crippen LogP contribution in [0.1, 0.15) is 17.2 Å². The van der Waals surface area contributed by atoms with E-state index < -0.39 is 0 Å². The van der Waals surface area contributed by atoms with E-state index in [1.54, 1.807) is 12.1 Å². The minimum Gasteiger partial charge on any atom is -0.507 e. The zero-order chi connectivity index (χ0) is 18.1. The summed E-state index contributed by atoms with van der Waals surface area (Å²) in [4.78, 5) is 1.26. The fourth-order valence-corrected chi connectivity index (χ4v) is 3.61. The van der Waals surface area contributed by atoms with Crippen molar-refractivity contribution in [2.45, 2.75) is 6.04 Å². The summed E-state index contributed by atoms with van der Waals surface area (Å²) in [5.74, 6) is 1.82. The second kappa shape index (κ2) is 6.93. The van der Waals surface area contributed by atoms with E-state index in [2.05, 4.69) is 0 Å². The lowest BCUT2D eigenvalue weighted by Crippen LogP contribution is -3.14. The molecule has 0 spiro atoms. The lowest BCUT2D eigenvalue weighted by molar-refractivity contribution is -0.933. The third kappa shape index (κ3) is 3.00. The standard InChI is InChI=1S/C19H21NO6/c1-23-16-8-12(2-3-14(16)21)19(20-4-6-24-7-5-20)13-9-17-18(10-15(13)22)26-11-25-17/h2-3,8-10,19,21-22H,4-7,11H2,1H3/p+1/t19-/m0/s1. The Morgan fingerprint density at radius 3 is 2.46 bits per heavy atom. The van der Waals surface area contributed by atoms with Gasteiger partial charge in [-0.3, -0.25) is 0 Å². The highest BCUT2D eigenvalue weighted by Crippen LogP contribution is 2.41. The summed E-state index contributed by atoms with van der Waals surface area (Å²) in [6.45, 7) is 3.09. The van der Waals surface area contributed by atoms with Gasteiger partial charge in [-0.05, 0) is 24.3 Å². The molecule has 0 unspecified atom stereocenters. The molecule has 1 atom stereocenters. The molecule has 0 aliphatic carbocycles. The number of quaternary nitrogens is 1. The molecule has 7 nitrogen and oxygen atoms in total. The van der Waals surface area contributed by atoms with Crippen LogP contribution >= 0.6 is 0 Å². The smallest absolute Gasteiger partial charge is 0.231 e. The van der Waals surface area contributed by atoms with E-state index in [-0.39, 0.29) is 24.3 Å². The van der Waals surface area contributed by atoms with Gasteiger partial charge in [0, 0.05) is 11.6 Å². The molecular weight excluding hydrogens is 338 g/mol. The Hall–Kier alpha value is -2.64. The normalized spacial score (nSPS) is 17.9. The summed E-state index contributed by atoms with van der Waals surface area (Å²) in [6, 6.07) is 8.57. The van der Waals surface area contributed by atoms with Gasteiger partial charge in [-0.1, -0.05) is 0 Å². The van der Waals surface area contributed by atoms with Crippen LogP contribution in [-0.4, -0.2) is 50.4 Å². The number of rotatable bonds is 4. The van der Waals surface area contributed by atoms with Crippen LogP contribution in [0.25, 0.3) is 0 Å². The Morgan fingerprint density at radius 2 is 1.73 bits per heavy atom.